The molecule has 1 aromatic heterocycles. The van der Waals surface area contributed by atoms with Crippen molar-refractivity contribution in [2.75, 3.05) is 13.2 Å². The SMILES string of the molecule is CCOc1ccccc1-n1c(C(C)N(CC)C(=O)/C=C/c2ccccc2)nc2ccccc2c1=O. The molecule has 0 saturated carbocycles. The van der Waals surface area contributed by atoms with Crippen molar-refractivity contribution in [3.8, 4) is 11.4 Å². The standard InChI is InChI=1S/C29H29N3O3/c1-4-31(27(33)20-19-22-13-7-6-8-14-22)21(3)28-30-24-16-10-9-15-23(24)29(34)32(28)25-17-11-12-18-26(25)35-5-2/h6-21H,4-5H2,1-3H3/b20-19+. The molecule has 0 aliphatic carbocycles. The molecule has 178 valence electrons. The lowest BCUT2D eigenvalue weighted by Crippen LogP contribution is -2.36. The summed E-state index contributed by atoms with van der Waals surface area (Å²) in [6.45, 7) is 6.63. The molecule has 1 unspecified atom stereocenters. The van der Waals surface area contributed by atoms with Gasteiger partial charge in [-0.2, -0.15) is 0 Å². The second-order valence-corrected chi connectivity index (χ2v) is 8.07. The summed E-state index contributed by atoms with van der Waals surface area (Å²) in [6.07, 6.45) is 3.36. The molecule has 0 N–H and O–H groups in total. The van der Waals surface area contributed by atoms with Gasteiger partial charge in [-0.15, -0.1) is 0 Å². The number of benzene rings is 3. The number of hydrogen-bond acceptors (Lipinski definition) is 4. The Morgan fingerprint density at radius 3 is 2.43 bits per heavy atom. The van der Waals surface area contributed by atoms with Crippen LogP contribution in [-0.4, -0.2) is 33.5 Å². The van der Waals surface area contributed by atoms with Gasteiger partial charge in [0.05, 0.1) is 29.2 Å². The third kappa shape index (κ3) is 5.01. The van der Waals surface area contributed by atoms with Crippen LogP contribution in [0.4, 0.5) is 0 Å². The molecule has 6 nitrogen and oxygen atoms in total. The van der Waals surface area contributed by atoms with E-state index in [2.05, 4.69) is 0 Å². The molecule has 35 heavy (non-hydrogen) atoms. The first-order valence-corrected chi connectivity index (χ1v) is 11.8. The Morgan fingerprint density at radius 1 is 1.00 bits per heavy atom. The predicted molar refractivity (Wildman–Crippen MR) is 140 cm³/mol. The Bertz CT molecular complexity index is 1410. The second kappa shape index (κ2) is 10.8. The minimum Gasteiger partial charge on any atom is -0.492 e. The molecular formula is C29H29N3O3. The van der Waals surface area contributed by atoms with Gasteiger partial charge in [-0.3, -0.25) is 14.2 Å². The van der Waals surface area contributed by atoms with Gasteiger partial charge in [0.15, 0.2) is 0 Å². The number of hydrogen-bond donors (Lipinski definition) is 0. The molecule has 0 saturated heterocycles. The monoisotopic (exact) mass is 467 g/mol. The van der Waals surface area contributed by atoms with Crippen LogP contribution in [0.2, 0.25) is 0 Å². The van der Waals surface area contributed by atoms with E-state index in [1.165, 1.54) is 0 Å². The highest BCUT2D eigenvalue weighted by molar-refractivity contribution is 5.92. The van der Waals surface area contributed by atoms with E-state index in [4.69, 9.17) is 9.72 Å². The number of amides is 1. The highest BCUT2D eigenvalue weighted by atomic mass is 16.5. The van der Waals surface area contributed by atoms with Crippen LogP contribution >= 0.6 is 0 Å². The van der Waals surface area contributed by atoms with Gasteiger partial charge in [0.2, 0.25) is 5.91 Å². The first kappa shape index (κ1) is 24.0. The fraction of sp³-hybridized carbons (Fsp3) is 0.207. The topological polar surface area (TPSA) is 64.4 Å². The molecule has 6 heteroatoms. The van der Waals surface area contributed by atoms with Gasteiger partial charge in [-0.1, -0.05) is 54.6 Å². The number of carbonyl (C=O) groups excluding carboxylic acids is 1. The first-order chi connectivity index (χ1) is 17.0. The van der Waals surface area contributed by atoms with E-state index in [1.807, 2.05) is 93.6 Å². The number of para-hydroxylation sites is 3. The molecule has 1 atom stereocenters. The number of carbonyl (C=O) groups is 1. The summed E-state index contributed by atoms with van der Waals surface area (Å²) in [7, 11) is 0. The van der Waals surface area contributed by atoms with Gasteiger partial charge in [0.1, 0.15) is 11.6 Å². The van der Waals surface area contributed by atoms with Gasteiger partial charge in [-0.25, -0.2) is 4.98 Å². The molecule has 3 aromatic carbocycles. The Labute approximate surface area is 205 Å². The smallest absolute Gasteiger partial charge is 0.266 e. The molecule has 0 aliphatic heterocycles. The summed E-state index contributed by atoms with van der Waals surface area (Å²) < 4.78 is 7.41. The number of fused-ring (bicyclic) bond motifs is 1. The van der Waals surface area contributed by atoms with Gasteiger partial charge < -0.3 is 9.64 Å². The summed E-state index contributed by atoms with van der Waals surface area (Å²) in [4.78, 5) is 33.6. The maximum absolute atomic E-state index is 13.8. The highest BCUT2D eigenvalue weighted by Crippen LogP contribution is 2.28. The lowest BCUT2D eigenvalue weighted by Gasteiger charge is -2.29. The minimum absolute atomic E-state index is 0.157. The van der Waals surface area contributed by atoms with Crippen LogP contribution in [0.15, 0.2) is 89.7 Å². The fourth-order valence-corrected chi connectivity index (χ4v) is 4.17. The zero-order valence-corrected chi connectivity index (χ0v) is 20.2. The van der Waals surface area contributed by atoms with Gasteiger partial charge in [-0.05, 0) is 56.7 Å². The molecule has 1 heterocycles. The molecule has 1 amide bonds. The predicted octanol–water partition coefficient (Wildman–Crippen LogP) is 5.41. The Morgan fingerprint density at radius 2 is 1.69 bits per heavy atom. The van der Waals surface area contributed by atoms with Crippen molar-refractivity contribution in [3.05, 3.63) is 107 Å². The van der Waals surface area contributed by atoms with Crippen molar-refractivity contribution < 1.29 is 9.53 Å². The van der Waals surface area contributed by atoms with Gasteiger partial charge in [0, 0.05) is 12.6 Å². The number of aromatic nitrogens is 2. The van der Waals surface area contributed by atoms with Crippen molar-refractivity contribution in [1.82, 2.24) is 14.5 Å². The zero-order chi connectivity index (χ0) is 24.8. The number of ether oxygens (including phenoxy) is 1. The Balaban J connectivity index is 1.84. The molecule has 4 rings (SSSR count). The molecular weight excluding hydrogens is 438 g/mol. The van der Waals surface area contributed by atoms with Gasteiger partial charge >= 0.3 is 0 Å². The zero-order valence-electron chi connectivity index (χ0n) is 20.2. The maximum atomic E-state index is 13.8. The second-order valence-electron chi connectivity index (χ2n) is 8.07. The van der Waals surface area contributed by atoms with Crippen LogP contribution in [0.3, 0.4) is 0 Å². The van der Waals surface area contributed by atoms with E-state index in [1.54, 1.807) is 27.7 Å². The van der Waals surface area contributed by atoms with Crippen molar-refractivity contribution in [2.24, 2.45) is 0 Å². The maximum Gasteiger partial charge on any atom is 0.266 e. The molecule has 4 aromatic rings. The van der Waals surface area contributed by atoms with Crippen LogP contribution in [0, 0.1) is 0 Å². The van der Waals surface area contributed by atoms with E-state index in [-0.39, 0.29) is 11.5 Å². The van der Waals surface area contributed by atoms with Crippen molar-refractivity contribution >= 4 is 22.9 Å². The van der Waals surface area contributed by atoms with E-state index < -0.39 is 6.04 Å². The third-order valence-corrected chi connectivity index (χ3v) is 5.89. The summed E-state index contributed by atoms with van der Waals surface area (Å²) >= 11 is 0. The summed E-state index contributed by atoms with van der Waals surface area (Å²) in [5.74, 6) is 0.904. The molecule has 0 radical (unpaired) electrons. The molecule has 0 fully saturated rings. The van der Waals surface area contributed by atoms with Crippen LogP contribution in [0.5, 0.6) is 5.75 Å². The van der Waals surface area contributed by atoms with Crippen molar-refractivity contribution in [3.63, 3.8) is 0 Å². The lowest BCUT2D eigenvalue weighted by atomic mass is 10.1. The van der Waals surface area contributed by atoms with Crippen LogP contribution < -0.4 is 10.3 Å². The summed E-state index contributed by atoms with van der Waals surface area (Å²) in [6, 6.07) is 23.9. The first-order valence-electron chi connectivity index (χ1n) is 11.8. The number of rotatable bonds is 8. The normalized spacial score (nSPS) is 12.1. The van der Waals surface area contributed by atoms with Crippen LogP contribution in [0.1, 0.15) is 38.2 Å². The summed E-state index contributed by atoms with van der Waals surface area (Å²) in [5.41, 5.74) is 1.93. The summed E-state index contributed by atoms with van der Waals surface area (Å²) in [5, 5.41) is 0.507. The molecule has 0 aliphatic rings. The molecule has 0 bridgehead atoms. The van der Waals surface area contributed by atoms with Crippen molar-refractivity contribution in [2.45, 2.75) is 26.8 Å². The molecule has 0 spiro atoms. The average molecular weight is 468 g/mol. The van der Waals surface area contributed by atoms with E-state index in [0.29, 0.717) is 41.3 Å². The van der Waals surface area contributed by atoms with E-state index in [0.717, 1.165) is 5.56 Å². The highest BCUT2D eigenvalue weighted by Gasteiger charge is 2.25. The minimum atomic E-state index is -0.472. The largest absolute Gasteiger partial charge is 0.492 e. The fourth-order valence-electron chi connectivity index (χ4n) is 4.17. The Hall–Kier alpha value is -4.19. The number of likely N-dealkylation sites (N-methyl/N-ethyl adjacent to an activating group) is 1. The van der Waals surface area contributed by atoms with E-state index >= 15 is 0 Å². The lowest BCUT2D eigenvalue weighted by molar-refractivity contribution is -0.128. The van der Waals surface area contributed by atoms with Crippen LogP contribution in [0.25, 0.3) is 22.7 Å². The third-order valence-electron chi connectivity index (χ3n) is 5.89. The van der Waals surface area contributed by atoms with E-state index in [9.17, 15) is 9.59 Å². The Kier molecular flexibility index (Phi) is 7.41. The number of nitrogens with zero attached hydrogens (tertiary/aromatic N) is 3. The van der Waals surface area contributed by atoms with Crippen LogP contribution in [-0.2, 0) is 4.79 Å². The average Bonchev–Trinajstić information content (AvgIpc) is 2.89. The van der Waals surface area contributed by atoms with Gasteiger partial charge in [0.25, 0.3) is 5.56 Å². The van der Waals surface area contributed by atoms with Crippen molar-refractivity contribution in [1.29, 1.82) is 0 Å². The quantitative estimate of drug-likeness (QED) is 0.325.